The highest BCUT2D eigenvalue weighted by Crippen LogP contribution is 2.37. The molecule has 0 saturated carbocycles. The van der Waals surface area contributed by atoms with Crippen molar-refractivity contribution in [2.24, 2.45) is 0 Å². The van der Waals surface area contributed by atoms with E-state index in [-0.39, 0.29) is 5.56 Å². The summed E-state index contributed by atoms with van der Waals surface area (Å²) in [6, 6.07) is 2.49. The minimum atomic E-state index is -1.80. The molecule has 20 heavy (non-hydrogen) atoms. The molecule has 7 heteroatoms. The Hall–Kier alpha value is -2.44. The Bertz CT molecular complexity index is 621. The normalized spacial score (nSPS) is 21.9. The molecule has 1 heterocycles. The molecule has 0 bridgehead atoms. The summed E-state index contributed by atoms with van der Waals surface area (Å²) in [6.45, 7) is 2.40. The number of carbonyl (C=O) groups is 2. The first-order valence-corrected chi connectivity index (χ1v) is 5.65. The van der Waals surface area contributed by atoms with E-state index < -0.39 is 40.6 Å². The molecule has 0 spiro atoms. The van der Waals surface area contributed by atoms with Crippen molar-refractivity contribution in [2.75, 3.05) is 0 Å². The number of ketones is 1. The van der Waals surface area contributed by atoms with Gasteiger partial charge in [0.2, 0.25) is 17.5 Å². The van der Waals surface area contributed by atoms with Crippen molar-refractivity contribution in [3.63, 3.8) is 0 Å². The second-order valence-corrected chi connectivity index (χ2v) is 4.48. The number of rotatable bonds is 2. The molecule has 1 unspecified atom stereocenters. The first-order chi connectivity index (χ1) is 9.24. The van der Waals surface area contributed by atoms with E-state index in [1.165, 1.54) is 6.92 Å². The van der Waals surface area contributed by atoms with Crippen molar-refractivity contribution >= 4 is 11.7 Å². The predicted octanol–water partition coefficient (Wildman–Crippen LogP) is 1.64. The Morgan fingerprint density at radius 3 is 2.35 bits per heavy atom. The number of aliphatic hydroxyl groups excluding tert-OH is 1. The zero-order valence-electron chi connectivity index (χ0n) is 10.7. The Kier molecular flexibility index (Phi) is 3.21. The third kappa shape index (κ3) is 2.22. The van der Waals surface area contributed by atoms with Gasteiger partial charge in [0, 0.05) is 18.6 Å². The van der Waals surface area contributed by atoms with Crippen LogP contribution in [0, 0.1) is 11.6 Å². The molecule has 1 atom stereocenters. The van der Waals surface area contributed by atoms with Crippen molar-refractivity contribution in [3.05, 3.63) is 47.0 Å². The molecule has 0 aliphatic carbocycles. The highest BCUT2D eigenvalue weighted by molar-refractivity contribution is 6.03. The van der Waals surface area contributed by atoms with Gasteiger partial charge in [0.05, 0.1) is 0 Å². The number of benzene rings is 1. The largest absolute Gasteiger partial charge is 0.501 e. The Morgan fingerprint density at radius 2 is 1.85 bits per heavy atom. The number of ether oxygens (including phenoxy) is 1. The summed E-state index contributed by atoms with van der Waals surface area (Å²) in [5, 5.41) is 11.8. The molecule has 0 fully saturated rings. The van der Waals surface area contributed by atoms with Crippen LogP contribution in [0.3, 0.4) is 0 Å². The number of hydrogen-bond acceptors (Lipinski definition) is 4. The standard InChI is InChI=1S/C13H11F2NO4/c1-6(17)16-12-10(18)11(19)13(2,20-12)7-3-8(14)5-9(15)4-7/h3-5,18H,1-2H3,(H,16,17). The minimum Gasteiger partial charge on any atom is -0.501 e. The van der Waals surface area contributed by atoms with Crippen molar-refractivity contribution in [2.45, 2.75) is 19.4 Å². The Balaban J connectivity index is 2.43. The van der Waals surface area contributed by atoms with Gasteiger partial charge in [-0.3, -0.25) is 14.9 Å². The maximum Gasteiger partial charge on any atom is 0.250 e. The molecule has 1 aliphatic heterocycles. The lowest BCUT2D eigenvalue weighted by molar-refractivity contribution is -0.132. The molecule has 1 aromatic rings. The first-order valence-electron chi connectivity index (χ1n) is 5.65. The van der Waals surface area contributed by atoms with Crippen molar-refractivity contribution in [1.82, 2.24) is 5.32 Å². The fourth-order valence-corrected chi connectivity index (χ4v) is 1.89. The van der Waals surface area contributed by atoms with E-state index >= 15 is 0 Å². The second kappa shape index (κ2) is 4.59. The predicted molar refractivity (Wildman–Crippen MR) is 63.3 cm³/mol. The van der Waals surface area contributed by atoms with Crippen LogP contribution in [0.15, 0.2) is 29.8 Å². The lowest BCUT2D eigenvalue weighted by atomic mass is 9.91. The van der Waals surface area contributed by atoms with Crippen LogP contribution in [0.1, 0.15) is 19.4 Å². The number of nitrogens with one attached hydrogen (secondary N) is 1. The Morgan fingerprint density at radius 1 is 1.30 bits per heavy atom. The lowest BCUT2D eigenvalue weighted by Gasteiger charge is -2.23. The van der Waals surface area contributed by atoms with Crippen molar-refractivity contribution < 1.29 is 28.2 Å². The molecule has 0 saturated heterocycles. The number of carbonyl (C=O) groups excluding carboxylic acids is 2. The van der Waals surface area contributed by atoms with Crippen LogP contribution in [0.5, 0.6) is 0 Å². The maximum atomic E-state index is 13.2. The van der Waals surface area contributed by atoms with Crippen LogP contribution in [0.25, 0.3) is 0 Å². The van der Waals surface area contributed by atoms with Crippen LogP contribution in [0.2, 0.25) is 0 Å². The summed E-state index contributed by atoms with van der Waals surface area (Å²) in [5.74, 6) is -4.46. The van der Waals surface area contributed by atoms with Crippen LogP contribution >= 0.6 is 0 Å². The summed E-state index contributed by atoms with van der Waals surface area (Å²) in [6.07, 6.45) is 0. The van der Waals surface area contributed by atoms with E-state index in [1.807, 2.05) is 0 Å². The van der Waals surface area contributed by atoms with Gasteiger partial charge in [0.1, 0.15) is 11.6 Å². The highest BCUT2D eigenvalue weighted by Gasteiger charge is 2.48. The number of aliphatic hydroxyl groups is 1. The molecule has 1 aromatic carbocycles. The second-order valence-electron chi connectivity index (χ2n) is 4.48. The molecule has 2 N–H and O–H groups in total. The average Bonchev–Trinajstić information content (AvgIpc) is 2.53. The van der Waals surface area contributed by atoms with Gasteiger partial charge in [-0.1, -0.05) is 0 Å². The van der Waals surface area contributed by atoms with Gasteiger partial charge in [-0.15, -0.1) is 0 Å². The zero-order valence-corrected chi connectivity index (χ0v) is 10.7. The van der Waals surface area contributed by atoms with Crippen molar-refractivity contribution in [1.29, 1.82) is 0 Å². The molecule has 0 aromatic heterocycles. The van der Waals surface area contributed by atoms with Gasteiger partial charge in [-0.25, -0.2) is 8.78 Å². The van der Waals surface area contributed by atoms with E-state index in [1.54, 1.807) is 0 Å². The van der Waals surface area contributed by atoms with Gasteiger partial charge >= 0.3 is 0 Å². The van der Waals surface area contributed by atoms with E-state index in [9.17, 15) is 23.5 Å². The summed E-state index contributed by atoms with van der Waals surface area (Å²) < 4.78 is 31.7. The summed E-state index contributed by atoms with van der Waals surface area (Å²) in [5.41, 5.74) is -1.91. The Labute approximate surface area is 112 Å². The summed E-state index contributed by atoms with van der Waals surface area (Å²) in [7, 11) is 0. The van der Waals surface area contributed by atoms with E-state index in [0.29, 0.717) is 6.07 Å². The monoisotopic (exact) mass is 283 g/mol. The fraction of sp³-hybridized carbons (Fsp3) is 0.231. The number of amides is 1. The summed E-state index contributed by atoms with van der Waals surface area (Å²) >= 11 is 0. The van der Waals surface area contributed by atoms with Gasteiger partial charge < -0.3 is 9.84 Å². The molecular weight excluding hydrogens is 272 g/mol. The van der Waals surface area contributed by atoms with Gasteiger partial charge in [0.25, 0.3) is 5.78 Å². The lowest BCUT2D eigenvalue weighted by Crippen LogP contribution is -2.32. The van der Waals surface area contributed by atoms with Gasteiger partial charge in [0.15, 0.2) is 5.60 Å². The average molecular weight is 283 g/mol. The highest BCUT2D eigenvalue weighted by atomic mass is 19.1. The SMILES string of the molecule is CC(=O)NC1=C(O)C(=O)C(C)(c2cc(F)cc(F)c2)O1. The third-order valence-corrected chi connectivity index (χ3v) is 2.87. The van der Waals surface area contributed by atoms with Gasteiger partial charge in [-0.05, 0) is 19.1 Å². The van der Waals surface area contributed by atoms with Crippen molar-refractivity contribution in [3.8, 4) is 0 Å². The van der Waals surface area contributed by atoms with Crippen LogP contribution in [-0.2, 0) is 19.9 Å². The van der Waals surface area contributed by atoms with Crippen LogP contribution < -0.4 is 5.32 Å². The first kappa shape index (κ1) is 14.0. The quantitative estimate of drug-likeness (QED) is 0.865. The molecule has 0 radical (unpaired) electrons. The van der Waals surface area contributed by atoms with Crippen LogP contribution in [-0.4, -0.2) is 16.8 Å². The minimum absolute atomic E-state index is 0.105. The number of halogens is 2. The maximum absolute atomic E-state index is 13.2. The zero-order chi connectivity index (χ0) is 15.1. The molecule has 1 aliphatic rings. The number of hydrogen-bond donors (Lipinski definition) is 2. The van der Waals surface area contributed by atoms with E-state index in [4.69, 9.17) is 4.74 Å². The van der Waals surface area contributed by atoms with Crippen LogP contribution in [0.4, 0.5) is 8.78 Å². The van der Waals surface area contributed by atoms with E-state index in [0.717, 1.165) is 19.1 Å². The molecule has 2 rings (SSSR count). The summed E-state index contributed by atoms with van der Waals surface area (Å²) in [4.78, 5) is 23.0. The molecular formula is C13H11F2NO4. The topological polar surface area (TPSA) is 75.6 Å². The molecule has 5 nitrogen and oxygen atoms in total. The molecule has 1 amide bonds. The molecule has 106 valence electrons. The van der Waals surface area contributed by atoms with E-state index in [2.05, 4.69) is 5.32 Å². The fourth-order valence-electron chi connectivity index (χ4n) is 1.89. The third-order valence-electron chi connectivity index (χ3n) is 2.87. The van der Waals surface area contributed by atoms with Gasteiger partial charge in [-0.2, -0.15) is 0 Å². The smallest absolute Gasteiger partial charge is 0.250 e. The number of Topliss-reactive ketones (excluding diaryl/α,β-unsaturated/α-hetero) is 1.